The summed E-state index contributed by atoms with van der Waals surface area (Å²) in [6, 6.07) is 4.19. The van der Waals surface area contributed by atoms with Crippen LogP contribution < -0.4 is 15.1 Å². The van der Waals surface area contributed by atoms with Gasteiger partial charge in [-0.05, 0) is 62.5 Å². The maximum absolute atomic E-state index is 12.7. The van der Waals surface area contributed by atoms with Crippen molar-refractivity contribution in [2.45, 2.75) is 64.7 Å². The van der Waals surface area contributed by atoms with Crippen molar-refractivity contribution in [3.63, 3.8) is 0 Å². The lowest BCUT2D eigenvalue weighted by Gasteiger charge is -2.34. The number of amides is 1. The molecule has 0 bridgehead atoms. The molecule has 0 radical (unpaired) electrons. The van der Waals surface area contributed by atoms with E-state index >= 15 is 0 Å². The van der Waals surface area contributed by atoms with E-state index in [4.69, 9.17) is 0 Å². The topological polar surface area (TPSA) is 61.4 Å². The molecule has 1 unspecified atom stereocenters. The van der Waals surface area contributed by atoms with Crippen LogP contribution in [0.25, 0.3) is 0 Å². The predicted octanol–water partition coefficient (Wildman–Crippen LogP) is 3.63. The van der Waals surface area contributed by atoms with E-state index < -0.39 is 0 Å². The van der Waals surface area contributed by atoms with Gasteiger partial charge in [0.1, 0.15) is 0 Å². The minimum atomic E-state index is 0.0670. The summed E-state index contributed by atoms with van der Waals surface area (Å²) in [5, 5.41) is 12.3. The lowest BCUT2D eigenvalue weighted by Crippen LogP contribution is -2.44. The zero-order valence-corrected chi connectivity index (χ0v) is 18.0. The lowest BCUT2D eigenvalue weighted by molar-refractivity contribution is -0.125. The van der Waals surface area contributed by atoms with Crippen LogP contribution in [0.3, 0.4) is 0 Å². The Morgan fingerprint density at radius 3 is 2.31 bits per heavy atom. The highest BCUT2D eigenvalue weighted by molar-refractivity contribution is 5.79. The molecule has 160 valence electrons. The van der Waals surface area contributed by atoms with Crippen LogP contribution in [-0.4, -0.2) is 48.8 Å². The van der Waals surface area contributed by atoms with Crippen LogP contribution in [0.5, 0.6) is 0 Å². The Hall–Kier alpha value is -1.85. The molecule has 6 nitrogen and oxygen atoms in total. The van der Waals surface area contributed by atoms with Crippen LogP contribution in [0, 0.1) is 17.8 Å². The standard InChI is InChI=1S/C23H37N5O/c1-18-11-14-27(15-12-18)21-9-10-22(26-25-21)28-13-5-8-20(17-28)23(29)24-16-19-6-3-2-4-7-19/h9-10,18-20H,2-8,11-17H2,1H3,(H,24,29). The van der Waals surface area contributed by atoms with Gasteiger partial charge in [-0.1, -0.05) is 26.2 Å². The van der Waals surface area contributed by atoms with Gasteiger partial charge in [-0.25, -0.2) is 0 Å². The van der Waals surface area contributed by atoms with Gasteiger partial charge < -0.3 is 15.1 Å². The van der Waals surface area contributed by atoms with E-state index in [0.717, 1.165) is 63.1 Å². The summed E-state index contributed by atoms with van der Waals surface area (Å²) < 4.78 is 0. The molecule has 1 amide bonds. The fraction of sp³-hybridized carbons (Fsp3) is 0.783. The van der Waals surface area contributed by atoms with Gasteiger partial charge in [0, 0.05) is 32.7 Å². The lowest BCUT2D eigenvalue weighted by atomic mass is 9.89. The maximum Gasteiger partial charge on any atom is 0.224 e. The smallest absolute Gasteiger partial charge is 0.224 e. The van der Waals surface area contributed by atoms with Gasteiger partial charge in [-0.2, -0.15) is 0 Å². The minimum Gasteiger partial charge on any atom is -0.356 e. The van der Waals surface area contributed by atoms with Gasteiger partial charge >= 0.3 is 0 Å². The number of aromatic nitrogens is 2. The molecule has 3 aliphatic rings. The fourth-order valence-corrected chi connectivity index (χ4v) is 5.07. The second-order valence-electron chi connectivity index (χ2n) is 9.45. The summed E-state index contributed by atoms with van der Waals surface area (Å²) in [6.07, 6.45) is 11.0. The minimum absolute atomic E-state index is 0.0670. The Bertz CT molecular complexity index is 650. The summed E-state index contributed by atoms with van der Waals surface area (Å²) in [4.78, 5) is 17.3. The van der Waals surface area contributed by atoms with Crippen LogP contribution in [0.1, 0.15) is 64.7 Å². The Balaban J connectivity index is 1.29. The Morgan fingerprint density at radius 1 is 0.931 bits per heavy atom. The SMILES string of the molecule is CC1CCN(c2ccc(N3CCCC(C(=O)NCC4CCCCC4)C3)nn2)CC1. The van der Waals surface area contributed by atoms with Gasteiger partial charge in [0.25, 0.3) is 0 Å². The largest absolute Gasteiger partial charge is 0.356 e. The van der Waals surface area contributed by atoms with E-state index in [-0.39, 0.29) is 11.8 Å². The summed E-state index contributed by atoms with van der Waals surface area (Å²) in [5.41, 5.74) is 0. The molecule has 1 aromatic heterocycles. The van der Waals surface area contributed by atoms with Crippen molar-refractivity contribution in [3.05, 3.63) is 12.1 Å². The van der Waals surface area contributed by atoms with Crippen molar-refractivity contribution in [2.75, 3.05) is 42.5 Å². The third-order valence-corrected chi connectivity index (χ3v) is 7.15. The van der Waals surface area contributed by atoms with Gasteiger partial charge in [-0.15, -0.1) is 10.2 Å². The number of rotatable bonds is 5. The second kappa shape index (κ2) is 9.77. The first-order valence-electron chi connectivity index (χ1n) is 11.8. The highest BCUT2D eigenvalue weighted by Crippen LogP contribution is 2.26. The van der Waals surface area contributed by atoms with Crippen molar-refractivity contribution in [1.82, 2.24) is 15.5 Å². The van der Waals surface area contributed by atoms with Crippen molar-refractivity contribution in [2.24, 2.45) is 17.8 Å². The molecular weight excluding hydrogens is 362 g/mol. The van der Waals surface area contributed by atoms with Crippen LogP contribution in [-0.2, 0) is 4.79 Å². The molecule has 6 heteroatoms. The summed E-state index contributed by atoms with van der Waals surface area (Å²) in [7, 11) is 0. The molecule has 1 atom stereocenters. The van der Waals surface area contributed by atoms with E-state index in [1.165, 1.54) is 44.9 Å². The molecule has 1 N–H and O–H groups in total. The van der Waals surface area contributed by atoms with Crippen molar-refractivity contribution in [3.8, 4) is 0 Å². The van der Waals surface area contributed by atoms with E-state index in [0.29, 0.717) is 5.92 Å². The number of nitrogens with zero attached hydrogens (tertiary/aromatic N) is 4. The zero-order chi connectivity index (χ0) is 20.1. The highest BCUT2D eigenvalue weighted by atomic mass is 16.1. The molecule has 2 saturated heterocycles. The van der Waals surface area contributed by atoms with E-state index in [1.54, 1.807) is 0 Å². The molecule has 3 fully saturated rings. The molecule has 1 aromatic rings. The van der Waals surface area contributed by atoms with Crippen LogP contribution in [0.4, 0.5) is 11.6 Å². The van der Waals surface area contributed by atoms with Crippen LogP contribution in [0.2, 0.25) is 0 Å². The van der Waals surface area contributed by atoms with Gasteiger partial charge in [0.15, 0.2) is 11.6 Å². The van der Waals surface area contributed by atoms with Crippen molar-refractivity contribution in [1.29, 1.82) is 0 Å². The van der Waals surface area contributed by atoms with Gasteiger partial charge in [0.2, 0.25) is 5.91 Å². The van der Waals surface area contributed by atoms with Gasteiger partial charge in [0.05, 0.1) is 5.92 Å². The molecule has 3 heterocycles. The first-order valence-corrected chi connectivity index (χ1v) is 11.8. The van der Waals surface area contributed by atoms with Crippen molar-refractivity contribution < 1.29 is 4.79 Å². The van der Waals surface area contributed by atoms with E-state index in [9.17, 15) is 4.79 Å². The molecule has 1 aliphatic carbocycles. The zero-order valence-electron chi connectivity index (χ0n) is 18.0. The number of anilines is 2. The summed E-state index contributed by atoms with van der Waals surface area (Å²) in [6.45, 7) is 7.04. The molecule has 2 aliphatic heterocycles. The first kappa shape index (κ1) is 20.4. The predicted molar refractivity (Wildman–Crippen MR) is 117 cm³/mol. The third kappa shape index (κ3) is 5.40. The quantitative estimate of drug-likeness (QED) is 0.819. The third-order valence-electron chi connectivity index (χ3n) is 7.15. The van der Waals surface area contributed by atoms with Crippen LogP contribution >= 0.6 is 0 Å². The average Bonchev–Trinajstić information content (AvgIpc) is 2.79. The van der Waals surface area contributed by atoms with Crippen molar-refractivity contribution >= 4 is 17.5 Å². The molecule has 29 heavy (non-hydrogen) atoms. The Morgan fingerprint density at radius 2 is 1.62 bits per heavy atom. The Labute approximate surface area is 175 Å². The molecule has 4 rings (SSSR count). The highest BCUT2D eigenvalue weighted by Gasteiger charge is 2.27. The molecular formula is C23H37N5O. The molecule has 1 saturated carbocycles. The second-order valence-corrected chi connectivity index (χ2v) is 9.45. The van der Waals surface area contributed by atoms with Gasteiger partial charge in [-0.3, -0.25) is 4.79 Å². The number of hydrogen-bond acceptors (Lipinski definition) is 5. The Kier molecular flexibility index (Phi) is 6.88. The number of carbonyl (C=O) groups excluding carboxylic acids is 1. The fourth-order valence-electron chi connectivity index (χ4n) is 5.07. The normalized spacial score (nSPS) is 24.5. The summed E-state index contributed by atoms with van der Waals surface area (Å²) >= 11 is 0. The number of hydrogen-bond donors (Lipinski definition) is 1. The van der Waals surface area contributed by atoms with Crippen LogP contribution in [0.15, 0.2) is 12.1 Å². The average molecular weight is 400 g/mol. The summed E-state index contributed by atoms with van der Waals surface area (Å²) in [5.74, 6) is 3.68. The van der Waals surface area contributed by atoms with E-state index in [1.807, 2.05) is 0 Å². The number of carbonyl (C=O) groups is 1. The number of piperidine rings is 2. The first-order chi connectivity index (χ1) is 14.2. The monoisotopic (exact) mass is 399 g/mol. The number of nitrogens with one attached hydrogen (secondary N) is 1. The van der Waals surface area contributed by atoms with E-state index in [2.05, 4.69) is 44.4 Å². The molecule has 0 spiro atoms. The maximum atomic E-state index is 12.7. The molecule has 0 aromatic carbocycles.